The van der Waals surface area contributed by atoms with Gasteiger partial charge in [-0.25, -0.2) is 0 Å². The predicted molar refractivity (Wildman–Crippen MR) is 217 cm³/mol. The van der Waals surface area contributed by atoms with E-state index in [-0.39, 0.29) is 49.9 Å². The minimum atomic E-state index is -0.715. The van der Waals surface area contributed by atoms with Gasteiger partial charge in [0.25, 0.3) is 5.69 Å². The predicted octanol–water partition coefficient (Wildman–Crippen LogP) is 4.45. The van der Waals surface area contributed by atoms with E-state index in [0.717, 1.165) is 11.1 Å². The molecule has 0 spiro atoms. The number of nitro groups is 1. The molecule has 2 aromatic carbocycles. The lowest BCUT2D eigenvalue weighted by Crippen LogP contribution is -2.50. The van der Waals surface area contributed by atoms with Crippen LogP contribution < -0.4 is 4.74 Å². The fraction of sp³-hybridized carbons (Fsp3) is 0.643. The number of hydrogen-bond donors (Lipinski definition) is 1. The van der Waals surface area contributed by atoms with Crippen LogP contribution in [0.25, 0.3) is 0 Å². The monoisotopic (exact) mass is 799 g/mol. The number of aliphatic hydroxyl groups is 1. The molecule has 1 aliphatic heterocycles. The zero-order valence-electron chi connectivity index (χ0n) is 35.7. The third-order valence-electron chi connectivity index (χ3n) is 9.04. The lowest BCUT2D eigenvalue weighted by molar-refractivity contribution is -0.384. The summed E-state index contributed by atoms with van der Waals surface area (Å²) in [5.41, 5.74) is 0.294. The van der Waals surface area contributed by atoms with Crippen molar-refractivity contribution >= 4 is 23.6 Å². The van der Waals surface area contributed by atoms with E-state index in [1.807, 2.05) is 89.1 Å². The molecule has 1 unspecified atom stereocenters. The summed E-state index contributed by atoms with van der Waals surface area (Å²) in [6.07, 6.45) is 0.469. The van der Waals surface area contributed by atoms with Crippen LogP contribution in [0.5, 0.6) is 5.75 Å². The van der Waals surface area contributed by atoms with Gasteiger partial charge in [-0.3, -0.25) is 44.1 Å². The Morgan fingerprint density at radius 2 is 1.25 bits per heavy atom. The zero-order valence-corrected chi connectivity index (χ0v) is 35.7. The third-order valence-corrected chi connectivity index (χ3v) is 9.04. The van der Waals surface area contributed by atoms with Crippen molar-refractivity contribution in [1.82, 2.24) is 19.6 Å². The molecule has 0 aromatic heterocycles. The van der Waals surface area contributed by atoms with Crippen LogP contribution in [0.4, 0.5) is 5.69 Å². The van der Waals surface area contributed by atoms with Gasteiger partial charge in [0, 0.05) is 70.5 Å². The highest BCUT2D eigenvalue weighted by atomic mass is 16.6. The van der Waals surface area contributed by atoms with E-state index in [0.29, 0.717) is 70.1 Å². The Kier molecular flexibility index (Phi) is 17.4. The van der Waals surface area contributed by atoms with Gasteiger partial charge in [-0.1, -0.05) is 18.2 Å². The van der Waals surface area contributed by atoms with E-state index in [1.165, 1.54) is 12.1 Å². The summed E-state index contributed by atoms with van der Waals surface area (Å²) < 4.78 is 22.5. The molecule has 57 heavy (non-hydrogen) atoms. The number of nitro benzene ring substituents is 1. The number of carbonyl (C=O) groups is 3. The van der Waals surface area contributed by atoms with Crippen LogP contribution in [0.15, 0.2) is 42.5 Å². The molecule has 2 aromatic rings. The average Bonchev–Trinajstić information content (AvgIpc) is 3.16. The van der Waals surface area contributed by atoms with Gasteiger partial charge in [-0.15, -0.1) is 0 Å². The summed E-state index contributed by atoms with van der Waals surface area (Å²) in [6, 6.07) is 11.7. The summed E-state index contributed by atoms with van der Waals surface area (Å²) in [5, 5.41) is 21.8. The molecule has 0 amide bonds. The molecule has 3 rings (SSSR count). The third kappa shape index (κ3) is 17.9. The second kappa shape index (κ2) is 21.0. The molecule has 1 saturated heterocycles. The van der Waals surface area contributed by atoms with Gasteiger partial charge < -0.3 is 24.1 Å². The standard InChI is InChI=1S/C42H65N5O10/c1-40(2,3)55-37(49)27-43-17-18-44(28-38(50)56-41(4,5)6)20-22-46(21-19-43)35(23-31-11-14-34(15-12-31)47(52)53)26-45(29-39(51)57-42(7,8)9)25-32-13-16-36(54-10)24-33(32)30-48/h11-16,24,35,48H,17-23,25-30H2,1-10H3. The molecule has 0 saturated carbocycles. The SMILES string of the molecule is COc1ccc(CN(CC(=O)OC(C)(C)C)CC(Cc2ccc([N+](=O)[O-])cc2)N2CCN(CC(=O)OC(C)(C)C)CCN(CC(=O)OC(C)(C)C)CC2)c(CO)c1. The van der Waals surface area contributed by atoms with E-state index in [9.17, 15) is 29.6 Å². The Bertz CT molecular complexity index is 1590. The van der Waals surface area contributed by atoms with E-state index < -0.39 is 27.7 Å². The molecule has 1 heterocycles. The van der Waals surface area contributed by atoms with Gasteiger partial charge in [0.2, 0.25) is 0 Å². The van der Waals surface area contributed by atoms with E-state index >= 15 is 0 Å². The molecule has 1 fully saturated rings. The minimum absolute atomic E-state index is 0.0174. The van der Waals surface area contributed by atoms with E-state index in [2.05, 4.69) is 4.90 Å². The van der Waals surface area contributed by atoms with Crippen molar-refractivity contribution in [3.05, 3.63) is 69.3 Å². The average molecular weight is 800 g/mol. The number of nitrogens with zero attached hydrogens (tertiary/aromatic N) is 5. The number of esters is 3. The summed E-state index contributed by atoms with van der Waals surface area (Å²) in [5.74, 6) is -0.512. The molecular weight excluding hydrogens is 734 g/mol. The van der Waals surface area contributed by atoms with Gasteiger partial charge in [-0.05, 0) is 97.6 Å². The first kappa shape index (κ1) is 47.2. The second-order valence-corrected chi connectivity index (χ2v) is 17.6. The van der Waals surface area contributed by atoms with Gasteiger partial charge in [-0.2, -0.15) is 0 Å². The maximum absolute atomic E-state index is 13.5. The molecule has 1 atom stereocenters. The number of aliphatic hydroxyl groups excluding tert-OH is 1. The number of ether oxygens (including phenoxy) is 4. The zero-order chi connectivity index (χ0) is 42.6. The Labute approximate surface area is 338 Å². The highest BCUT2D eigenvalue weighted by Crippen LogP contribution is 2.23. The van der Waals surface area contributed by atoms with E-state index in [4.69, 9.17) is 18.9 Å². The molecular formula is C42H65N5O10. The topological polar surface area (TPSA) is 164 Å². The van der Waals surface area contributed by atoms with Crippen LogP contribution in [-0.4, -0.2) is 143 Å². The first-order valence-corrected chi connectivity index (χ1v) is 19.6. The van der Waals surface area contributed by atoms with Crippen LogP contribution in [-0.2, 0) is 48.2 Å². The Balaban J connectivity index is 2.06. The molecule has 318 valence electrons. The molecule has 15 nitrogen and oxygen atoms in total. The van der Waals surface area contributed by atoms with Crippen LogP contribution in [0.3, 0.4) is 0 Å². The summed E-state index contributed by atoms with van der Waals surface area (Å²) in [7, 11) is 1.56. The highest BCUT2D eigenvalue weighted by Gasteiger charge is 2.30. The lowest BCUT2D eigenvalue weighted by atomic mass is 10.0. The van der Waals surface area contributed by atoms with Crippen LogP contribution in [0.2, 0.25) is 0 Å². The van der Waals surface area contributed by atoms with Crippen molar-refractivity contribution in [2.24, 2.45) is 0 Å². The van der Waals surface area contributed by atoms with Gasteiger partial charge in [0.05, 0.1) is 38.3 Å². The summed E-state index contributed by atoms with van der Waals surface area (Å²) in [4.78, 5) is 59.0. The molecule has 15 heteroatoms. The van der Waals surface area contributed by atoms with E-state index in [1.54, 1.807) is 25.3 Å². The smallest absolute Gasteiger partial charge is 0.320 e. The maximum Gasteiger partial charge on any atom is 0.320 e. The van der Waals surface area contributed by atoms with Crippen molar-refractivity contribution in [3.8, 4) is 5.75 Å². The van der Waals surface area contributed by atoms with Crippen LogP contribution >= 0.6 is 0 Å². The number of benzene rings is 2. The van der Waals surface area contributed by atoms with Crippen molar-refractivity contribution in [1.29, 1.82) is 0 Å². The fourth-order valence-electron chi connectivity index (χ4n) is 6.60. The molecule has 0 radical (unpaired) electrons. The second-order valence-electron chi connectivity index (χ2n) is 17.6. The number of hydrogen-bond acceptors (Lipinski definition) is 14. The maximum atomic E-state index is 13.5. The number of carbonyl (C=O) groups excluding carboxylic acids is 3. The van der Waals surface area contributed by atoms with Gasteiger partial charge in [0.15, 0.2) is 0 Å². The van der Waals surface area contributed by atoms with Crippen LogP contribution in [0, 0.1) is 10.1 Å². The fourth-order valence-corrected chi connectivity index (χ4v) is 6.60. The quantitative estimate of drug-likeness (QED) is 0.110. The highest BCUT2D eigenvalue weighted by molar-refractivity contribution is 5.73. The molecule has 0 aliphatic carbocycles. The van der Waals surface area contributed by atoms with Crippen molar-refractivity contribution in [3.63, 3.8) is 0 Å². The van der Waals surface area contributed by atoms with Crippen molar-refractivity contribution < 1.29 is 43.4 Å². The Morgan fingerprint density at radius 3 is 1.70 bits per heavy atom. The number of rotatable bonds is 16. The Hall–Kier alpha value is -4.15. The molecule has 0 bridgehead atoms. The summed E-state index contributed by atoms with van der Waals surface area (Å²) in [6.45, 7) is 20.0. The first-order valence-electron chi connectivity index (χ1n) is 19.6. The largest absolute Gasteiger partial charge is 0.497 e. The lowest BCUT2D eigenvalue weighted by Gasteiger charge is -2.37. The van der Waals surface area contributed by atoms with Crippen LogP contribution in [0.1, 0.15) is 79.0 Å². The summed E-state index contributed by atoms with van der Waals surface area (Å²) >= 11 is 0. The van der Waals surface area contributed by atoms with Crippen molar-refractivity contribution in [2.45, 2.75) is 105 Å². The molecule has 1 N–H and O–H groups in total. The normalized spacial score (nSPS) is 15.9. The molecule has 1 aliphatic rings. The van der Waals surface area contributed by atoms with Crippen molar-refractivity contribution in [2.75, 3.05) is 72.6 Å². The first-order chi connectivity index (χ1) is 26.5. The van der Waals surface area contributed by atoms with Gasteiger partial charge in [0.1, 0.15) is 22.6 Å². The van der Waals surface area contributed by atoms with Gasteiger partial charge >= 0.3 is 17.9 Å². The minimum Gasteiger partial charge on any atom is -0.497 e. The number of non-ortho nitro benzene ring substituents is 1. The number of methoxy groups -OCH3 is 1. The Morgan fingerprint density at radius 1 is 0.754 bits per heavy atom.